The maximum absolute atomic E-state index is 4.19. The highest BCUT2D eigenvalue weighted by Gasteiger charge is 2.35. The minimum atomic E-state index is 0.632. The second-order valence-corrected chi connectivity index (χ2v) is 5.57. The van der Waals surface area contributed by atoms with Crippen LogP contribution in [0.4, 0.5) is 5.95 Å². The topological polar surface area (TPSA) is 62.1 Å². The standard InChI is InChI=1S/C14H19N7/c1-2-4-12(5-3-1)21-14(16-17-18-21)20-10-13(11-20)19-8-6-15-7-9-19/h1-5,13,15H,6-11H2. The SMILES string of the molecule is c1ccc(-n2nnnc2N2CC(N3CCNCC3)C2)cc1. The zero-order valence-electron chi connectivity index (χ0n) is 11.9. The van der Waals surface area contributed by atoms with Gasteiger partial charge in [0, 0.05) is 45.3 Å². The van der Waals surface area contributed by atoms with Crippen molar-refractivity contribution in [2.45, 2.75) is 6.04 Å². The molecule has 0 saturated carbocycles. The van der Waals surface area contributed by atoms with Crippen LogP contribution in [0.5, 0.6) is 0 Å². The number of anilines is 1. The fraction of sp³-hybridized carbons (Fsp3) is 0.500. The Hall–Kier alpha value is -1.99. The van der Waals surface area contributed by atoms with Crippen molar-refractivity contribution in [1.82, 2.24) is 30.4 Å². The van der Waals surface area contributed by atoms with Gasteiger partial charge in [-0.1, -0.05) is 23.3 Å². The van der Waals surface area contributed by atoms with Gasteiger partial charge in [0.05, 0.1) is 5.69 Å². The van der Waals surface area contributed by atoms with Gasteiger partial charge in [-0.2, -0.15) is 4.68 Å². The van der Waals surface area contributed by atoms with Crippen LogP contribution in [0.1, 0.15) is 0 Å². The summed E-state index contributed by atoms with van der Waals surface area (Å²) < 4.78 is 1.81. The van der Waals surface area contributed by atoms with Gasteiger partial charge in [0.2, 0.25) is 5.95 Å². The Balaban J connectivity index is 1.46. The predicted molar refractivity (Wildman–Crippen MR) is 79.6 cm³/mol. The molecule has 110 valence electrons. The van der Waals surface area contributed by atoms with Gasteiger partial charge in [-0.05, 0) is 22.6 Å². The summed E-state index contributed by atoms with van der Waals surface area (Å²) in [4.78, 5) is 4.81. The third-order valence-electron chi connectivity index (χ3n) is 4.27. The van der Waals surface area contributed by atoms with Crippen LogP contribution < -0.4 is 10.2 Å². The van der Waals surface area contributed by atoms with Crippen LogP contribution in [0.3, 0.4) is 0 Å². The molecular weight excluding hydrogens is 266 g/mol. The van der Waals surface area contributed by atoms with E-state index in [1.807, 2.05) is 35.0 Å². The zero-order chi connectivity index (χ0) is 14.1. The molecule has 0 unspecified atom stereocenters. The van der Waals surface area contributed by atoms with Crippen molar-refractivity contribution >= 4 is 5.95 Å². The van der Waals surface area contributed by atoms with E-state index in [-0.39, 0.29) is 0 Å². The Bertz CT molecular complexity index is 584. The molecule has 7 heteroatoms. The smallest absolute Gasteiger partial charge is 0.250 e. The molecule has 0 bridgehead atoms. The van der Waals surface area contributed by atoms with Crippen molar-refractivity contribution in [1.29, 1.82) is 0 Å². The molecule has 0 aliphatic carbocycles. The van der Waals surface area contributed by atoms with E-state index in [1.165, 1.54) is 0 Å². The van der Waals surface area contributed by atoms with Crippen molar-refractivity contribution in [3.63, 3.8) is 0 Å². The molecule has 0 spiro atoms. The number of tetrazole rings is 1. The Labute approximate surface area is 123 Å². The Morgan fingerprint density at radius 2 is 1.81 bits per heavy atom. The van der Waals surface area contributed by atoms with Gasteiger partial charge in [-0.25, -0.2) is 0 Å². The van der Waals surface area contributed by atoms with Crippen LogP contribution in [-0.4, -0.2) is 70.4 Å². The van der Waals surface area contributed by atoms with Crippen LogP contribution in [-0.2, 0) is 0 Å². The summed E-state index contributed by atoms with van der Waals surface area (Å²) in [5.41, 5.74) is 1.00. The average molecular weight is 285 g/mol. The fourth-order valence-electron chi connectivity index (χ4n) is 3.01. The first-order chi connectivity index (χ1) is 10.4. The second kappa shape index (κ2) is 5.42. The third kappa shape index (κ3) is 2.38. The zero-order valence-corrected chi connectivity index (χ0v) is 11.9. The van der Waals surface area contributed by atoms with E-state index in [1.54, 1.807) is 0 Å². The number of hydrogen-bond acceptors (Lipinski definition) is 6. The molecule has 7 nitrogen and oxygen atoms in total. The van der Waals surface area contributed by atoms with Gasteiger partial charge in [0.15, 0.2) is 0 Å². The lowest BCUT2D eigenvalue weighted by atomic mass is 10.1. The monoisotopic (exact) mass is 285 g/mol. The number of aromatic nitrogens is 4. The van der Waals surface area contributed by atoms with Gasteiger partial charge in [-0.3, -0.25) is 4.90 Å². The summed E-state index contributed by atoms with van der Waals surface area (Å²) in [6.07, 6.45) is 0. The minimum absolute atomic E-state index is 0.632. The number of piperazine rings is 1. The highest BCUT2D eigenvalue weighted by atomic mass is 15.6. The van der Waals surface area contributed by atoms with E-state index in [0.717, 1.165) is 50.9 Å². The predicted octanol–water partition coefficient (Wildman–Crippen LogP) is -0.244. The molecular formula is C14H19N7. The molecule has 1 aromatic carbocycles. The summed E-state index contributed by atoms with van der Waals surface area (Å²) in [6, 6.07) is 10.7. The number of para-hydroxylation sites is 1. The summed E-state index contributed by atoms with van der Waals surface area (Å²) >= 11 is 0. The van der Waals surface area contributed by atoms with Crippen LogP contribution in [0.25, 0.3) is 5.69 Å². The lowest BCUT2D eigenvalue weighted by Crippen LogP contribution is -2.63. The summed E-state index contributed by atoms with van der Waals surface area (Å²) in [6.45, 7) is 6.49. The Morgan fingerprint density at radius 1 is 1.05 bits per heavy atom. The maximum atomic E-state index is 4.19. The lowest BCUT2D eigenvalue weighted by molar-refractivity contribution is 0.146. The molecule has 2 aromatic rings. The van der Waals surface area contributed by atoms with Crippen molar-refractivity contribution in [2.24, 2.45) is 0 Å². The Kier molecular flexibility index (Phi) is 3.28. The van der Waals surface area contributed by atoms with Crippen LogP contribution in [0.15, 0.2) is 30.3 Å². The molecule has 3 heterocycles. The summed E-state index contributed by atoms with van der Waals surface area (Å²) in [5, 5.41) is 15.5. The summed E-state index contributed by atoms with van der Waals surface area (Å²) in [5.74, 6) is 0.840. The quantitative estimate of drug-likeness (QED) is 0.839. The Morgan fingerprint density at radius 3 is 2.57 bits per heavy atom. The first kappa shape index (κ1) is 12.7. The molecule has 2 aliphatic heterocycles. The largest absolute Gasteiger partial charge is 0.336 e. The molecule has 1 N–H and O–H groups in total. The minimum Gasteiger partial charge on any atom is -0.336 e. The van der Waals surface area contributed by atoms with Gasteiger partial charge in [-0.15, -0.1) is 0 Å². The van der Waals surface area contributed by atoms with Crippen molar-refractivity contribution in [3.05, 3.63) is 30.3 Å². The maximum Gasteiger partial charge on any atom is 0.250 e. The van der Waals surface area contributed by atoms with Gasteiger partial charge in [0.25, 0.3) is 0 Å². The van der Waals surface area contributed by atoms with Crippen LogP contribution in [0, 0.1) is 0 Å². The molecule has 0 radical (unpaired) electrons. The van der Waals surface area contributed by atoms with E-state index in [9.17, 15) is 0 Å². The van der Waals surface area contributed by atoms with Crippen LogP contribution >= 0.6 is 0 Å². The number of hydrogen-bond donors (Lipinski definition) is 1. The van der Waals surface area contributed by atoms with E-state index in [0.29, 0.717) is 6.04 Å². The number of benzene rings is 1. The van der Waals surface area contributed by atoms with Gasteiger partial charge < -0.3 is 10.2 Å². The average Bonchev–Trinajstić information content (AvgIpc) is 2.97. The summed E-state index contributed by atoms with van der Waals surface area (Å²) in [7, 11) is 0. The van der Waals surface area contributed by atoms with E-state index in [2.05, 4.69) is 30.6 Å². The molecule has 0 atom stereocenters. The molecule has 2 saturated heterocycles. The van der Waals surface area contributed by atoms with Crippen LogP contribution in [0.2, 0.25) is 0 Å². The number of rotatable bonds is 3. The van der Waals surface area contributed by atoms with E-state index < -0.39 is 0 Å². The first-order valence-corrected chi connectivity index (χ1v) is 7.45. The number of nitrogens with one attached hydrogen (secondary N) is 1. The highest BCUT2D eigenvalue weighted by Crippen LogP contribution is 2.23. The molecule has 21 heavy (non-hydrogen) atoms. The van der Waals surface area contributed by atoms with E-state index in [4.69, 9.17) is 0 Å². The molecule has 2 aliphatic rings. The lowest BCUT2D eigenvalue weighted by Gasteiger charge is -2.46. The highest BCUT2D eigenvalue weighted by molar-refractivity contribution is 5.43. The molecule has 4 rings (SSSR count). The second-order valence-electron chi connectivity index (χ2n) is 5.57. The molecule has 2 fully saturated rings. The van der Waals surface area contributed by atoms with Gasteiger partial charge in [0.1, 0.15) is 0 Å². The molecule has 1 aromatic heterocycles. The molecule has 0 amide bonds. The fourth-order valence-corrected chi connectivity index (χ4v) is 3.01. The van der Waals surface area contributed by atoms with E-state index >= 15 is 0 Å². The normalized spacial score (nSPS) is 20.5. The van der Waals surface area contributed by atoms with Crippen molar-refractivity contribution in [2.75, 3.05) is 44.2 Å². The number of nitrogens with zero attached hydrogens (tertiary/aromatic N) is 6. The van der Waals surface area contributed by atoms with Crippen molar-refractivity contribution < 1.29 is 0 Å². The first-order valence-electron chi connectivity index (χ1n) is 7.45. The van der Waals surface area contributed by atoms with Crippen molar-refractivity contribution in [3.8, 4) is 5.69 Å². The van der Waals surface area contributed by atoms with Gasteiger partial charge >= 0.3 is 0 Å². The third-order valence-corrected chi connectivity index (χ3v) is 4.27.